The highest BCUT2D eigenvalue weighted by molar-refractivity contribution is 5.67. The molecule has 0 heterocycles. The van der Waals surface area contributed by atoms with Crippen LogP contribution in [0.5, 0.6) is 0 Å². The lowest BCUT2D eigenvalue weighted by atomic mass is 10.1. The average Bonchev–Trinajstić information content (AvgIpc) is 2.63. The molecule has 86 valence electrons. The standard InChI is InChI=1S/C12H20O3/c1-6-14-7-10-11(12(10,4)5)8(2)15-9(3)13/h10-11H,2,6-7H2,1,3-5H3/t10?,11-/m1/s1. The summed E-state index contributed by atoms with van der Waals surface area (Å²) in [4.78, 5) is 10.8. The molecule has 0 aliphatic heterocycles. The molecule has 0 spiro atoms. The van der Waals surface area contributed by atoms with Crippen molar-refractivity contribution >= 4 is 5.97 Å². The zero-order chi connectivity index (χ0) is 11.6. The Morgan fingerprint density at radius 1 is 1.47 bits per heavy atom. The molecule has 1 rings (SSSR count). The van der Waals surface area contributed by atoms with Crippen molar-refractivity contribution in [3.63, 3.8) is 0 Å². The van der Waals surface area contributed by atoms with Gasteiger partial charge in [0, 0.05) is 19.4 Å². The van der Waals surface area contributed by atoms with Crippen LogP contribution in [0.1, 0.15) is 27.7 Å². The van der Waals surface area contributed by atoms with Gasteiger partial charge in [-0.2, -0.15) is 0 Å². The van der Waals surface area contributed by atoms with Gasteiger partial charge >= 0.3 is 5.97 Å². The fourth-order valence-corrected chi connectivity index (χ4v) is 2.19. The van der Waals surface area contributed by atoms with Crippen molar-refractivity contribution in [2.45, 2.75) is 27.7 Å². The van der Waals surface area contributed by atoms with Crippen LogP contribution in [0, 0.1) is 17.3 Å². The second-order valence-electron chi connectivity index (χ2n) is 4.62. The van der Waals surface area contributed by atoms with Crippen molar-refractivity contribution in [1.82, 2.24) is 0 Å². The van der Waals surface area contributed by atoms with Crippen molar-refractivity contribution < 1.29 is 14.3 Å². The van der Waals surface area contributed by atoms with Crippen LogP contribution in [0.25, 0.3) is 0 Å². The van der Waals surface area contributed by atoms with Crippen molar-refractivity contribution in [3.8, 4) is 0 Å². The molecule has 15 heavy (non-hydrogen) atoms. The highest BCUT2D eigenvalue weighted by Gasteiger charge is 2.59. The van der Waals surface area contributed by atoms with Crippen molar-refractivity contribution in [1.29, 1.82) is 0 Å². The van der Waals surface area contributed by atoms with Gasteiger partial charge in [-0.3, -0.25) is 4.79 Å². The van der Waals surface area contributed by atoms with Gasteiger partial charge in [0.05, 0.1) is 6.61 Å². The molecule has 3 nitrogen and oxygen atoms in total. The molecule has 1 saturated carbocycles. The van der Waals surface area contributed by atoms with Crippen LogP contribution < -0.4 is 0 Å². The molecule has 1 fully saturated rings. The van der Waals surface area contributed by atoms with Crippen LogP contribution in [0.4, 0.5) is 0 Å². The van der Waals surface area contributed by atoms with E-state index in [1.54, 1.807) is 0 Å². The molecule has 0 N–H and O–H groups in total. The molecule has 1 unspecified atom stereocenters. The van der Waals surface area contributed by atoms with E-state index in [0.717, 1.165) is 6.61 Å². The summed E-state index contributed by atoms with van der Waals surface area (Å²) in [5, 5.41) is 0. The predicted octanol–water partition coefficient (Wildman–Crippen LogP) is 2.37. The summed E-state index contributed by atoms with van der Waals surface area (Å²) in [6.45, 7) is 12.9. The topological polar surface area (TPSA) is 35.5 Å². The van der Waals surface area contributed by atoms with Gasteiger partial charge in [0.25, 0.3) is 0 Å². The van der Waals surface area contributed by atoms with Gasteiger partial charge in [-0.15, -0.1) is 0 Å². The van der Waals surface area contributed by atoms with Crippen molar-refractivity contribution in [2.24, 2.45) is 17.3 Å². The molecule has 1 aliphatic carbocycles. The first kappa shape index (κ1) is 12.2. The van der Waals surface area contributed by atoms with E-state index >= 15 is 0 Å². The third kappa shape index (κ3) is 2.59. The minimum Gasteiger partial charge on any atom is -0.432 e. The third-order valence-electron chi connectivity index (χ3n) is 3.17. The van der Waals surface area contributed by atoms with E-state index in [-0.39, 0.29) is 17.3 Å². The summed E-state index contributed by atoms with van der Waals surface area (Å²) in [7, 11) is 0. The van der Waals surface area contributed by atoms with Crippen LogP contribution in [0.2, 0.25) is 0 Å². The monoisotopic (exact) mass is 212 g/mol. The summed E-state index contributed by atoms with van der Waals surface area (Å²) in [5.41, 5.74) is 0.141. The van der Waals surface area contributed by atoms with Gasteiger partial charge in [0.2, 0.25) is 0 Å². The first-order chi connectivity index (χ1) is 6.91. The normalized spacial score (nSPS) is 27.2. The number of hydrogen-bond donors (Lipinski definition) is 0. The fraction of sp³-hybridized carbons (Fsp3) is 0.750. The Morgan fingerprint density at radius 3 is 2.53 bits per heavy atom. The van der Waals surface area contributed by atoms with Gasteiger partial charge in [-0.05, 0) is 18.3 Å². The molecule has 3 heteroatoms. The summed E-state index contributed by atoms with van der Waals surface area (Å²) < 4.78 is 10.4. The van der Waals surface area contributed by atoms with E-state index in [1.807, 2.05) is 6.92 Å². The van der Waals surface area contributed by atoms with Crippen molar-refractivity contribution in [3.05, 3.63) is 12.3 Å². The Kier molecular flexibility index (Phi) is 3.55. The van der Waals surface area contributed by atoms with Crippen LogP contribution in [0.3, 0.4) is 0 Å². The maximum atomic E-state index is 10.8. The van der Waals surface area contributed by atoms with Gasteiger partial charge in [-0.1, -0.05) is 20.4 Å². The molecule has 0 aromatic heterocycles. The molecule has 0 aromatic rings. The van der Waals surface area contributed by atoms with Gasteiger partial charge in [-0.25, -0.2) is 0 Å². The summed E-state index contributed by atoms with van der Waals surface area (Å²) >= 11 is 0. The van der Waals surface area contributed by atoms with Crippen LogP contribution in [0.15, 0.2) is 12.3 Å². The van der Waals surface area contributed by atoms with E-state index in [4.69, 9.17) is 9.47 Å². The van der Waals surface area contributed by atoms with Gasteiger partial charge in [0.1, 0.15) is 5.76 Å². The van der Waals surface area contributed by atoms with E-state index in [9.17, 15) is 4.79 Å². The summed E-state index contributed by atoms with van der Waals surface area (Å²) in [5.74, 6) is 0.951. The van der Waals surface area contributed by atoms with Crippen LogP contribution in [-0.4, -0.2) is 19.2 Å². The average molecular weight is 212 g/mol. The number of carbonyl (C=O) groups is 1. The Bertz CT molecular complexity index is 268. The largest absolute Gasteiger partial charge is 0.432 e. The molecule has 0 bridgehead atoms. The Morgan fingerprint density at radius 2 is 2.07 bits per heavy atom. The minimum absolute atomic E-state index is 0.141. The molecule has 2 atom stereocenters. The maximum absolute atomic E-state index is 10.8. The molecular weight excluding hydrogens is 192 g/mol. The number of carbonyl (C=O) groups excluding carboxylic acids is 1. The lowest BCUT2D eigenvalue weighted by Gasteiger charge is -2.05. The SMILES string of the molecule is C=C(OC(C)=O)[C@@H]1C(COCC)C1(C)C. The number of rotatable bonds is 5. The first-order valence-electron chi connectivity index (χ1n) is 5.36. The molecule has 0 aromatic carbocycles. The highest BCUT2D eigenvalue weighted by atomic mass is 16.5. The Hall–Kier alpha value is -0.830. The molecule has 0 radical (unpaired) electrons. The molecular formula is C12H20O3. The summed E-state index contributed by atoms with van der Waals surface area (Å²) in [6.07, 6.45) is 0. The second-order valence-corrected chi connectivity index (χ2v) is 4.62. The molecule has 0 saturated heterocycles. The van der Waals surface area contributed by atoms with Gasteiger partial charge in [0.15, 0.2) is 0 Å². The van der Waals surface area contributed by atoms with Crippen LogP contribution >= 0.6 is 0 Å². The van der Waals surface area contributed by atoms with Gasteiger partial charge < -0.3 is 9.47 Å². The fourth-order valence-electron chi connectivity index (χ4n) is 2.19. The quantitative estimate of drug-likeness (QED) is 0.518. The highest BCUT2D eigenvalue weighted by Crippen LogP contribution is 2.61. The Labute approximate surface area is 91.4 Å². The van der Waals surface area contributed by atoms with Crippen molar-refractivity contribution in [2.75, 3.05) is 13.2 Å². The van der Waals surface area contributed by atoms with E-state index in [0.29, 0.717) is 18.3 Å². The van der Waals surface area contributed by atoms with Crippen LogP contribution in [-0.2, 0) is 14.3 Å². The molecule has 0 amide bonds. The lowest BCUT2D eigenvalue weighted by molar-refractivity contribution is -0.137. The minimum atomic E-state index is -0.294. The molecule has 1 aliphatic rings. The maximum Gasteiger partial charge on any atom is 0.307 e. The van der Waals surface area contributed by atoms with E-state index in [2.05, 4.69) is 20.4 Å². The second kappa shape index (κ2) is 4.35. The summed E-state index contributed by atoms with van der Waals surface area (Å²) in [6, 6.07) is 0. The number of ether oxygens (including phenoxy) is 2. The zero-order valence-electron chi connectivity index (χ0n) is 10.0. The number of allylic oxidation sites excluding steroid dienone is 1. The van der Waals surface area contributed by atoms with E-state index in [1.165, 1.54) is 6.92 Å². The third-order valence-corrected chi connectivity index (χ3v) is 3.17. The first-order valence-corrected chi connectivity index (χ1v) is 5.36. The number of hydrogen-bond acceptors (Lipinski definition) is 3. The Balaban J connectivity index is 2.50. The predicted molar refractivity (Wildman–Crippen MR) is 58.2 cm³/mol. The zero-order valence-corrected chi connectivity index (χ0v) is 10.0. The number of esters is 1. The van der Waals surface area contributed by atoms with E-state index < -0.39 is 0 Å². The smallest absolute Gasteiger partial charge is 0.307 e. The lowest BCUT2D eigenvalue weighted by Crippen LogP contribution is -2.03.